The van der Waals surface area contributed by atoms with Crippen LogP contribution in [0.2, 0.25) is 0 Å². The van der Waals surface area contributed by atoms with Crippen molar-refractivity contribution in [3.05, 3.63) is 0 Å². The topological polar surface area (TPSA) is 126 Å². The van der Waals surface area contributed by atoms with Gasteiger partial charge in [-0.2, -0.15) is 0 Å². The third-order valence-corrected chi connectivity index (χ3v) is 3.93. The molecule has 2 aliphatic carbocycles. The number of hydrogen-bond acceptors (Lipinski definition) is 2. The fourth-order valence-electron chi connectivity index (χ4n) is 3.15. The summed E-state index contributed by atoms with van der Waals surface area (Å²) in [5.41, 5.74) is 5.16. The van der Waals surface area contributed by atoms with E-state index in [2.05, 4.69) is 0 Å². The predicted octanol–water partition coefficient (Wildman–Crippen LogP) is -0.281. The van der Waals surface area contributed by atoms with Gasteiger partial charge < -0.3 is 21.8 Å². The van der Waals surface area contributed by atoms with Crippen LogP contribution in [0.5, 0.6) is 0 Å². The van der Waals surface area contributed by atoms with Crippen molar-refractivity contribution in [2.75, 3.05) is 0 Å². The lowest BCUT2D eigenvalue weighted by molar-refractivity contribution is -0.152. The Hall–Kier alpha value is -0.650. The van der Waals surface area contributed by atoms with Gasteiger partial charge in [0.1, 0.15) is 5.54 Å². The summed E-state index contributed by atoms with van der Waals surface area (Å²) in [6, 6.07) is 0. The second kappa shape index (κ2) is 4.92. The summed E-state index contributed by atoms with van der Waals surface area (Å²) in [5.74, 6) is -0.308. The van der Waals surface area contributed by atoms with E-state index in [-0.39, 0.29) is 22.8 Å². The number of carbonyl (C=O) groups is 1. The molecule has 2 bridgehead atoms. The van der Waals surface area contributed by atoms with E-state index in [9.17, 15) is 9.90 Å². The summed E-state index contributed by atoms with van der Waals surface area (Å²) in [4.78, 5) is 11.2. The molecule has 5 nitrogen and oxygen atoms in total. The highest BCUT2D eigenvalue weighted by Gasteiger charge is 2.52. The first-order valence-electron chi connectivity index (χ1n) is 5.18. The van der Waals surface area contributed by atoms with Crippen molar-refractivity contribution >= 4 is 5.97 Å². The second-order valence-corrected chi connectivity index (χ2v) is 4.49. The Morgan fingerprint density at radius 1 is 1.07 bits per heavy atom. The Kier molecular flexibility index (Phi) is 4.70. The molecule has 0 unspecified atom stereocenters. The van der Waals surface area contributed by atoms with Crippen molar-refractivity contribution in [3.63, 3.8) is 0 Å². The molecule has 2 saturated carbocycles. The van der Waals surface area contributed by atoms with Gasteiger partial charge in [-0.1, -0.05) is 12.8 Å². The van der Waals surface area contributed by atoms with Crippen molar-refractivity contribution < 1.29 is 20.9 Å². The lowest BCUT2D eigenvalue weighted by Crippen LogP contribution is -2.62. The molecule has 0 aromatic carbocycles. The molecule has 2 fully saturated rings. The Morgan fingerprint density at radius 2 is 1.40 bits per heavy atom. The molecule has 0 saturated heterocycles. The average Bonchev–Trinajstić information content (AvgIpc) is 2.02. The third-order valence-electron chi connectivity index (χ3n) is 3.93. The minimum atomic E-state index is -0.892. The molecule has 0 amide bonds. The van der Waals surface area contributed by atoms with Gasteiger partial charge >= 0.3 is 5.97 Å². The van der Waals surface area contributed by atoms with Crippen molar-refractivity contribution in [3.8, 4) is 0 Å². The standard InChI is InChI=1S/C10H17NO2.2H2O/c11-10(9(12)13)7-3-1-4-8(10)6-2-5-7;;/h7-8H,1-6,11H2,(H,12,13);2*1H2. The number of rotatable bonds is 1. The highest BCUT2D eigenvalue weighted by atomic mass is 16.4. The van der Waals surface area contributed by atoms with Gasteiger partial charge in [0.05, 0.1) is 0 Å². The zero-order valence-electron chi connectivity index (χ0n) is 8.83. The zero-order chi connectivity index (χ0) is 9.47. The maximum atomic E-state index is 11.2. The van der Waals surface area contributed by atoms with Gasteiger partial charge in [0.25, 0.3) is 0 Å². The Bertz CT molecular complexity index is 209. The monoisotopic (exact) mass is 219 g/mol. The van der Waals surface area contributed by atoms with Crippen LogP contribution < -0.4 is 5.73 Å². The third kappa shape index (κ3) is 2.00. The summed E-state index contributed by atoms with van der Waals surface area (Å²) in [5, 5.41) is 9.18. The number of nitrogens with two attached hydrogens (primary N) is 1. The first-order chi connectivity index (χ1) is 6.15. The molecule has 0 spiro atoms. The summed E-state index contributed by atoms with van der Waals surface area (Å²) in [7, 11) is 0. The molecular formula is C10H21NO4. The molecular weight excluding hydrogens is 198 g/mol. The number of fused-ring (bicyclic) bond motifs is 2. The largest absolute Gasteiger partial charge is 0.480 e. The molecule has 0 heterocycles. The molecule has 5 heteroatoms. The van der Waals surface area contributed by atoms with Crippen molar-refractivity contribution in [1.29, 1.82) is 0 Å². The molecule has 7 N–H and O–H groups in total. The quantitative estimate of drug-likeness (QED) is 0.629. The molecule has 0 radical (unpaired) electrons. The minimum Gasteiger partial charge on any atom is -0.480 e. The van der Waals surface area contributed by atoms with Gasteiger partial charge in [0, 0.05) is 0 Å². The number of carboxylic acids is 1. The highest BCUT2D eigenvalue weighted by Crippen LogP contribution is 2.45. The van der Waals surface area contributed by atoms with Gasteiger partial charge in [-0.05, 0) is 37.5 Å². The maximum Gasteiger partial charge on any atom is 0.324 e. The number of hydrogen-bond donors (Lipinski definition) is 2. The van der Waals surface area contributed by atoms with Crippen molar-refractivity contribution in [2.24, 2.45) is 17.6 Å². The van der Waals surface area contributed by atoms with Crippen LogP contribution in [-0.2, 0) is 4.79 Å². The van der Waals surface area contributed by atoms with Crippen LogP contribution in [0.3, 0.4) is 0 Å². The summed E-state index contributed by atoms with van der Waals surface area (Å²) < 4.78 is 0. The van der Waals surface area contributed by atoms with Crippen LogP contribution in [0.4, 0.5) is 0 Å². The van der Waals surface area contributed by atoms with Crippen LogP contribution in [0, 0.1) is 11.8 Å². The molecule has 0 aliphatic heterocycles. The molecule has 15 heavy (non-hydrogen) atoms. The van der Waals surface area contributed by atoms with Gasteiger partial charge in [-0.25, -0.2) is 0 Å². The fraction of sp³-hybridized carbons (Fsp3) is 0.900. The molecule has 2 rings (SSSR count). The van der Waals surface area contributed by atoms with Gasteiger partial charge in [-0.3, -0.25) is 4.79 Å². The smallest absolute Gasteiger partial charge is 0.324 e. The van der Waals surface area contributed by atoms with Gasteiger partial charge in [-0.15, -0.1) is 0 Å². The van der Waals surface area contributed by atoms with E-state index in [1.54, 1.807) is 0 Å². The van der Waals surface area contributed by atoms with E-state index < -0.39 is 11.5 Å². The molecule has 0 aromatic heterocycles. The lowest BCUT2D eigenvalue weighted by atomic mass is 9.60. The fourth-order valence-corrected chi connectivity index (χ4v) is 3.15. The first kappa shape index (κ1) is 14.3. The molecule has 0 aromatic rings. The van der Waals surface area contributed by atoms with Crippen LogP contribution in [0.1, 0.15) is 38.5 Å². The van der Waals surface area contributed by atoms with Crippen molar-refractivity contribution in [1.82, 2.24) is 0 Å². The summed E-state index contributed by atoms with van der Waals surface area (Å²) in [6.07, 6.45) is 6.39. The highest BCUT2D eigenvalue weighted by molar-refractivity contribution is 5.79. The Balaban J connectivity index is 0.000000980. The average molecular weight is 219 g/mol. The van der Waals surface area contributed by atoms with E-state index in [1.807, 2.05) is 0 Å². The summed E-state index contributed by atoms with van der Waals surface area (Å²) in [6.45, 7) is 0. The van der Waals surface area contributed by atoms with E-state index in [1.165, 1.54) is 12.8 Å². The normalized spacial score (nSPS) is 38.5. The SMILES string of the molecule is NC1(C(=O)O)C2CCCC1CCC2.O.O. The van der Waals surface area contributed by atoms with E-state index >= 15 is 0 Å². The van der Waals surface area contributed by atoms with Crippen LogP contribution in [0.15, 0.2) is 0 Å². The van der Waals surface area contributed by atoms with Gasteiger partial charge in [0.2, 0.25) is 0 Å². The van der Waals surface area contributed by atoms with Crippen molar-refractivity contribution in [2.45, 2.75) is 44.1 Å². The lowest BCUT2D eigenvalue weighted by Gasteiger charge is -2.47. The van der Waals surface area contributed by atoms with Crippen LogP contribution >= 0.6 is 0 Å². The molecule has 2 aliphatic rings. The maximum absolute atomic E-state index is 11.2. The molecule has 0 atom stereocenters. The number of aliphatic carboxylic acids is 1. The summed E-state index contributed by atoms with van der Waals surface area (Å²) >= 11 is 0. The van der Waals surface area contributed by atoms with Gasteiger partial charge in [0.15, 0.2) is 0 Å². The van der Waals surface area contributed by atoms with E-state index in [0.29, 0.717) is 0 Å². The van der Waals surface area contributed by atoms with E-state index in [0.717, 1.165) is 25.7 Å². The van der Waals surface area contributed by atoms with Crippen LogP contribution in [-0.4, -0.2) is 27.6 Å². The Labute approximate surface area is 89.3 Å². The minimum absolute atomic E-state index is 0. The van der Waals surface area contributed by atoms with E-state index in [4.69, 9.17) is 5.73 Å². The predicted molar refractivity (Wildman–Crippen MR) is 56.5 cm³/mol. The second-order valence-electron chi connectivity index (χ2n) is 4.49. The Morgan fingerprint density at radius 3 is 1.60 bits per heavy atom. The number of carboxylic acid groups (broad SMARTS) is 1. The molecule has 90 valence electrons. The zero-order valence-corrected chi connectivity index (χ0v) is 8.83. The van der Waals surface area contributed by atoms with Crippen LogP contribution in [0.25, 0.3) is 0 Å². The first-order valence-corrected chi connectivity index (χ1v) is 5.18.